The average Bonchev–Trinajstić information content (AvgIpc) is 2.69. The Labute approximate surface area is 116 Å². The monoisotopic (exact) mass is 279 g/mol. The van der Waals surface area contributed by atoms with E-state index in [1.165, 1.54) is 16.7 Å². The molecule has 1 amide bonds. The third kappa shape index (κ3) is 2.76. The Kier molecular flexibility index (Phi) is 3.85. The van der Waals surface area contributed by atoms with Gasteiger partial charge in [0.05, 0.1) is 5.37 Å². The van der Waals surface area contributed by atoms with Gasteiger partial charge in [-0.2, -0.15) is 0 Å². The van der Waals surface area contributed by atoms with Gasteiger partial charge in [-0.25, -0.2) is 4.79 Å². The molecule has 19 heavy (non-hydrogen) atoms. The molecule has 0 radical (unpaired) electrons. The second-order valence-electron chi connectivity index (χ2n) is 4.88. The van der Waals surface area contributed by atoms with Crippen molar-refractivity contribution in [3.63, 3.8) is 0 Å². The quantitative estimate of drug-likeness (QED) is 0.902. The zero-order valence-corrected chi connectivity index (χ0v) is 12.0. The van der Waals surface area contributed by atoms with Crippen LogP contribution >= 0.6 is 11.8 Å². The first-order chi connectivity index (χ1) is 8.90. The van der Waals surface area contributed by atoms with E-state index in [1.807, 2.05) is 39.0 Å². The first-order valence-electron chi connectivity index (χ1n) is 6.15. The van der Waals surface area contributed by atoms with Crippen LogP contribution in [-0.4, -0.2) is 39.1 Å². The highest BCUT2D eigenvalue weighted by Gasteiger charge is 2.39. The fourth-order valence-electron chi connectivity index (χ4n) is 2.39. The van der Waals surface area contributed by atoms with Gasteiger partial charge in [0, 0.05) is 11.3 Å². The number of aryl methyl sites for hydroxylation is 2. The molecule has 5 heteroatoms. The van der Waals surface area contributed by atoms with Crippen molar-refractivity contribution >= 4 is 23.6 Å². The van der Waals surface area contributed by atoms with Gasteiger partial charge in [-0.1, -0.05) is 17.2 Å². The lowest BCUT2D eigenvalue weighted by Gasteiger charge is -2.25. The number of hydrogen-bond acceptors (Lipinski definition) is 3. The lowest BCUT2D eigenvalue weighted by Crippen LogP contribution is -2.44. The zero-order chi connectivity index (χ0) is 14.2. The molecule has 0 bridgehead atoms. The molecule has 2 rings (SSSR count). The predicted octanol–water partition coefficient (Wildman–Crippen LogP) is 2.29. The molecule has 102 valence electrons. The number of carbonyl (C=O) groups excluding carboxylic acids is 1. The summed E-state index contributed by atoms with van der Waals surface area (Å²) in [5.41, 5.74) is 2.59. The van der Waals surface area contributed by atoms with E-state index >= 15 is 0 Å². The molecular weight excluding hydrogens is 262 g/mol. The number of carbonyl (C=O) groups is 2. The molecule has 0 aliphatic carbocycles. The second-order valence-corrected chi connectivity index (χ2v) is 6.22. The van der Waals surface area contributed by atoms with E-state index in [1.54, 1.807) is 0 Å². The minimum Gasteiger partial charge on any atom is -0.480 e. The Balaban J connectivity index is 2.34. The Bertz CT molecular complexity index is 509. The van der Waals surface area contributed by atoms with Crippen LogP contribution in [0.15, 0.2) is 18.2 Å². The van der Waals surface area contributed by atoms with E-state index in [4.69, 9.17) is 0 Å². The molecule has 1 aliphatic rings. The summed E-state index contributed by atoms with van der Waals surface area (Å²) in [7, 11) is 0. The summed E-state index contributed by atoms with van der Waals surface area (Å²) in [4.78, 5) is 25.2. The van der Waals surface area contributed by atoms with Crippen molar-refractivity contribution in [2.45, 2.75) is 32.2 Å². The molecule has 1 saturated heterocycles. The molecule has 1 aromatic rings. The number of amides is 1. The number of rotatable bonds is 2. The summed E-state index contributed by atoms with van der Waals surface area (Å²) in [6.07, 6.45) is 0. The lowest BCUT2D eigenvalue weighted by atomic mass is 10.1. The first kappa shape index (κ1) is 13.9. The smallest absolute Gasteiger partial charge is 0.327 e. The molecule has 4 nitrogen and oxygen atoms in total. The minimum atomic E-state index is -0.936. The summed E-state index contributed by atoms with van der Waals surface area (Å²) in [5.74, 6) is -0.682. The molecule has 2 unspecified atom stereocenters. The van der Waals surface area contributed by atoms with Crippen molar-refractivity contribution in [3.8, 4) is 0 Å². The van der Waals surface area contributed by atoms with Crippen LogP contribution < -0.4 is 0 Å². The molecule has 0 spiro atoms. The standard InChI is InChI=1S/C14H17NO3S/c1-8-4-9(2)6-11(5-8)13(16)15-10(3)19-7-12(15)14(17)18/h4-6,10,12H,7H2,1-3H3,(H,17,18). The summed E-state index contributed by atoms with van der Waals surface area (Å²) >= 11 is 1.50. The SMILES string of the molecule is Cc1cc(C)cc(C(=O)N2C(C)SCC2C(=O)O)c1. The van der Waals surface area contributed by atoms with E-state index < -0.39 is 12.0 Å². The fraction of sp³-hybridized carbons (Fsp3) is 0.429. The predicted molar refractivity (Wildman–Crippen MR) is 75.4 cm³/mol. The maximum Gasteiger partial charge on any atom is 0.327 e. The van der Waals surface area contributed by atoms with Crippen LogP contribution in [0.1, 0.15) is 28.4 Å². The van der Waals surface area contributed by atoms with Gasteiger partial charge >= 0.3 is 5.97 Å². The van der Waals surface area contributed by atoms with Gasteiger partial charge in [0.2, 0.25) is 0 Å². The number of thioether (sulfide) groups is 1. The average molecular weight is 279 g/mol. The van der Waals surface area contributed by atoms with Gasteiger partial charge in [0.15, 0.2) is 0 Å². The van der Waals surface area contributed by atoms with Crippen molar-refractivity contribution < 1.29 is 14.7 Å². The Morgan fingerprint density at radius 2 is 1.84 bits per heavy atom. The molecule has 0 aromatic heterocycles. The molecule has 1 heterocycles. The van der Waals surface area contributed by atoms with Crippen LogP contribution in [0.3, 0.4) is 0 Å². The summed E-state index contributed by atoms with van der Waals surface area (Å²) < 4.78 is 0. The number of carboxylic acid groups (broad SMARTS) is 1. The number of benzene rings is 1. The molecule has 1 fully saturated rings. The van der Waals surface area contributed by atoms with Crippen LogP contribution in [0.5, 0.6) is 0 Å². The molecule has 2 atom stereocenters. The maximum atomic E-state index is 12.5. The van der Waals surface area contributed by atoms with Crippen LogP contribution in [0.2, 0.25) is 0 Å². The highest BCUT2D eigenvalue weighted by molar-refractivity contribution is 8.00. The number of hydrogen-bond donors (Lipinski definition) is 1. The van der Waals surface area contributed by atoms with E-state index in [9.17, 15) is 14.7 Å². The topological polar surface area (TPSA) is 57.6 Å². The van der Waals surface area contributed by atoms with Gasteiger partial charge in [-0.15, -0.1) is 11.8 Å². The highest BCUT2D eigenvalue weighted by atomic mass is 32.2. The van der Waals surface area contributed by atoms with E-state index in [0.29, 0.717) is 11.3 Å². The third-order valence-electron chi connectivity index (χ3n) is 3.21. The third-order valence-corrected chi connectivity index (χ3v) is 4.43. The summed E-state index contributed by atoms with van der Waals surface area (Å²) in [6.45, 7) is 5.73. The van der Waals surface area contributed by atoms with Gasteiger partial charge < -0.3 is 10.0 Å². The highest BCUT2D eigenvalue weighted by Crippen LogP contribution is 2.30. The molecular formula is C14H17NO3S. The van der Waals surface area contributed by atoms with Gasteiger partial charge in [-0.05, 0) is 32.9 Å². The molecule has 1 aromatic carbocycles. The number of carboxylic acids is 1. The van der Waals surface area contributed by atoms with Crippen LogP contribution in [0.4, 0.5) is 0 Å². The van der Waals surface area contributed by atoms with Gasteiger partial charge in [0.1, 0.15) is 6.04 Å². The van der Waals surface area contributed by atoms with Crippen molar-refractivity contribution in [2.75, 3.05) is 5.75 Å². The van der Waals surface area contributed by atoms with Crippen molar-refractivity contribution in [2.24, 2.45) is 0 Å². The Morgan fingerprint density at radius 1 is 1.26 bits per heavy atom. The van der Waals surface area contributed by atoms with Crippen molar-refractivity contribution in [3.05, 3.63) is 34.9 Å². The van der Waals surface area contributed by atoms with Gasteiger partial charge in [0.25, 0.3) is 5.91 Å². The lowest BCUT2D eigenvalue weighted by molar-refractivity contribution is -0.141. The first-order valence-corrected chi connectivity index (χ1v) is 7.20. The van der Waals surface area contributed by atoms with Crippen LogP contribution in [0, 0.1) is 13.8 Å². The Hall–Kier alpha value is -1.49. The fourth-order valence-corrected chi connectivity index (χ4v) is 3.56. The molecule has 0 saturated carbocycles. The number of nitrogens with zero attached hydrogens (tertiary/aromatic N) is 1. The Morgan fingerprint density at radius 3 is 2.37 bits per heavy atom. The maximum absolute atomic E-state index is 12.5. The van der Waals surface area contributed by atoms with E-state index in [-0.39, 0.29) is 11.3 Å². The molecule has 1 N–H and O–H groups in total. The number of aliphatic carboxylic acids is 1. The van der Waals surface area contributed by atoms with Crippen LogP contribution in [0.25, 0.3) is 0 Å². The molecule has 1 aliphatic heterocycles. The zero-order valence-electron chi connectivity index (χ0n) is 11.2. The largest absolute Gasteiger partial charge is 0.480 e. The van der Waals surface area contributed by atoms with Crippen LogP contribution in [-0.2, 0) is 4.79 Å². The summed E-state index contributed by atoms with van der Waals surface area (Å²) in [6, 6.07) is 4.88. The van der Waals surface area contributed by atoms with Gasteiger partial charge in [-0.3, -0.25) is 4.79 Å². The van der Waals surface area contributed by atoms with E-state index in [0.717, 1.165) is 11.1 Å². The van der Waals surface area contributed by atoms with Crippen molar-refractivity contribution in [1.82, 2.24) is 4.90 Å². The van der Waals surface area contributed by atoms with Crippen molar-refractivity contribution in [1.29, 1.82) is 0 Å². The second kappa shape index (κ2) is 5.25. The summed E-state index contributed by atoms with van der Waals surface area (Å²) in [5, 5.41) is 9.10. The minimum absolute atomic E-state index is 0.102. The van der Waals surface area contributed by atoms with E-state index in [2.05, 4.69) is 0 Å². The normalized spacial score (nSPS) is 22.6.